The quantitative estimate of drug-likeness (QED) is 0.827. The third-order valence-corrected chi connectivity index (χ3v) is 5.31. The molecule has 0 aromatic heterocycles. The van der Waals surface area contributed by atoms with Crippen molar-refractivity contribution in [1.82, 2.24) is 4.90 Å². The number of amides is 1. The van der Waals surface area contributed by atoms with Crippen LogP contribution in [0, 0.1) is 5.41 Å². The number of morpholine rings is 1. The van der Waals surface area contributed by atoms with Gasteiger partial charge in [-0.1, -0.05) is 36.7 Å². The Labute approximate surface area is 137 Å². The highest BCUT2D eigenvalue weighted by Gasteiger charge is 2.37. The summed E-state index contributed by atoms with van der Waals surface area (Å²) in [5.74, 6) is 0.278. The fraction of sp³-hybridized carbons (Fsp3) is 0.611. The number of ether oxygens (including phenoxy) is 1. The molecule has 3 nitrogen and oxygen atoms in total. The summed E-state index contributed by atoms with van der Waals surface area (Å²) in [6, 6.07) is 7.85. The van der Waals surface area contributed by atoms with Crippen LogP contribution < -0.4 is 0 Å². The third-order valence-electron chi connectivity index (χ3n) is 4.94. The fourth-order valence-corrected chi connectivity index (χ4v) is 3.22. The number of carbonyl (C=O) groups excluding carboxylic acids is 1. The van der Waals surface area contributed by atoms with Crippen molar-refractivity contribution >= 4 is 17.5 Å². The number of halogens is 1. The van der Waals surface area contributed by atoms with E-state index in [1.54, 1.807) is 0 Å². The number of carbonyl (C=O) groups is 1. The van der Waals surface area contributed by atoms with E-state index in [0.717, 1.165) is 23.4 Å². The molecular formula is C18H24ClNO2. The Morgan fingerprint density at radius 1 is 1.41 bits per heavy atom. The molecule has 1 saturated carbocycles. The van der Waals surface area contributed by atoms with Crippen molar-refractivity contribution in [1.29, 1.82) is 0 Å². The van der Waals surface area contributed by atoms with Crippen LogP contribution in [0.4, 0.5) is 0 Å². The number of nitrogens with zero attached hydrogens (tertiary/aromatic N) is 1. The molecule has 1 aliphatic carbocycles. The van der Waals surface area contributed by atoms with Gasteiger partial charge in [0.2, 0.25) is 5.91 Å². The first-order chi connectivity index (χ1) is 10.6. The highest BCUT2D eigenvalue weighted by Crippen LogP contribution is 2.48. The van der Waals surface area contributed by atoms with Crippen LogP contribution in [0.15, 0.2) is 24.3 Å². The molecule has 2 fully saturated rings. The Balaban J connectivity index is 1.52. The SMILES string of the molecule is CC1(CCC(=O)N2CCOC(Cc3ccccc3Cl)C2)CC1. The summed E-state index contributed by atoms with van der Waals surface area (Å²) >= 11 is 6.21. The first kappa shape index (κ1) is 15.8. The van der Waals surface area contributed by atoms with Gasteiger partial charge in [-0.25, -0.2) is 0 Å². The van der Waals surface area contributed by atoms with Gasteiger partial charge >= 0.3 is 0 Å². The average Bonchev–Trinajstić information content (AvgIpc) is 3.26. The highest BCUT2D eigenvalue weighted by molar-refractivity contribution is 6.31. The van der Waals surface area contributed by atoms with E-state index in [2.05, 4.69) is 6.92 Å². The lowest BCUT2D eigenvalue weighted by atomic mass is 10.0. The zero-order chi connectivity index (χ0) is 15.6. The molecule has 2 aliphatic rings. The molecule has 1 unspecified atom stereocenters. The van der Waals surface area contributed by atoms with Crippen molar-refractivity contribution < 1.29 is 9.53 Å². The molecule has 1 aliphatic heterocycles. The summed E-state index contributed by atoms with van der Waals surface area (Å²) in [5, 5.41) is 0.774. The van der Waals surface area contributed by atoms with E-state index < -0.39 is 0 Å². The molecule has 1 aromatic rings. The van der Waals surface area contributed by atoms with Crippen molar-refractivity contribution in [2.75, 3.05) is 19.7 Å². The minimum absolute atomic E-state index is 0.0501. The molecule has 120 valence electrons. The molecule has 22 heavy (non-hydrogen) atoms. The largest absolute Gasteiger partial charge is 0.374 e. The van der Waals surface area contributed by atoms with Gasteiger partial charge in [0.25, 0.3) is 0 Å². The van der Waals surface area contributed by atoms with Gasteiger partial charge in [0.05, 0.1) is 12.7 Å². The summed E-state index contributed by atoms with van der Waals surface area (Å²) in [6.45, 7) is 4.30. The van der Waals surface area contributed by atoms with Gasteiger partial charge in [0.1, 0.15) is 0 Å². The molecule has 1 atom stereocenters. The molecule has 3 rings (SSSR count). The topological polar surface area (TPSA) is 29.5 Å². The van der Waals surface area contributed by atoms with Gasteiger partial charge in [-0.2, -0.15) is 0 Å². The number of hydrogen-bond acceptors (Lipinski definition) is 2. The van der Waals surface area contributed by atoms with Crippen LogP contribution >= 0.6 is 11.6 Å². The van der Waals surface area contributed by atoms with Gasteiger partial charge in [0.15, 0.2) is 0 Å². The Morgan fingerprint density at radius 3 is 2.91 bits per heavy atom. The van der Waals surface area contributed by atoms with Crippen molar-refractivity contribution in [2.24, 2.45) is 5.41 Å². The number of benzene rings is 1. The molecule has 1 saturated heterocycles. The standard InChI is InChI=1S/C18H24ClNO2/c1-18(8-9-18)7-6-17(21)20-10-11-22-15(13-20)12-14-4-2-3-5-16(14)19/h2-5,15H,6-13H2,1H3. The van der Waals surface area contributed by atoms with E-state index in [-0.39, 0.29) is 12.0 Å². The fourth-order valence-electron chi connectivity index (χ4n) is 3.01. The molecule has 0 bridgehead atoms. The molecule has 0 spiro atoms. The monoisotopic (exact) mass is 321 g/mol. The van der Waals surface area contributed by atoms with Crippen LogP contribution in [-0.2, 0) is 16.0 Å². The summed E-state index contributed by atoms with van der Waals surface area (Å²) in [4.78, 5) is 14.4. The summed E-state index contributed by atoms with van der Waals surface area (Å²) < 4.78 is 5.82. The summed E-state index contributed by atoms with van der Waals surface area (Å²) in [5.41, 5.74) is 1.53. The third kappa shape index (κ3) is 4.02. The molecule has 0 N–H and O–H groups in total. The van der Waals surface area contributed by atoms with Gasteiger partial charge in [-0.3, -0.25) is 4.79 Å². The molecule has 4 heteroatoms. The smallest absolute Gasteiger partial charge is 0.222 e. The van der Waals surface area contributed by atoms with Crippen LogP contribution in [0.1, 0.15) is 38.2 Å². The second kappa shape index (κ2) is 6.59. The van der Waals surface area contributed by atoms with Crippen LogP contribution in [-0.4, -0.2) is 36.6 Å². The summed E-state index contributed by atoms with van der Waals surface area (Å²) in [6.07, 6.45) is 5.07. The Bertz CT molecular complexity index is 542. The Kier molecular flexibility index (Phi) is 4.74. The first-order valence-electron chi connectivity index (χ1n) is 8.19. The van der Waals surface area contributed by atoms with Gasteiger partial charge in [-0.05, 0) is 36.3 Å². The maximum atomic E-state index is 12.4. The van der Waals surface area contributed by atoms with Gasteiger partial charge in [0, 0.05) is 31.0 Å². The van der Waals surface area contributed by atoms with Crippen LogP contribution in [0.2, 0.25) is 5.02 Å². The van der Waals surface area contributed by atoms with E-state index in [0.29, 0.717) is 31.5 Å². The second-order valence-electron chi connectivity index (χ2n) is 6.94. The van der Waals surface area contributed by atoms with Crippen LogP contribution in [0.3, 0.4) is 0 Å². The molecule has 1 heterocycles. The predicted octanol–water partition coefficient (Wildman–Crippen LogP) is 3.69. The number of hydrogen-bond donors (Lipinski definition) is 0. The van der Waals surface area contributed by atoms with E-state index in [4.69, 9.17) is 16.3 Å². The maximum absolute atomic E-state index is 12.4. The van der Waals surface area contributed by atoms with Crippen LogP contribution in [0.25, 0.3) is 0 Å². The predicted molar refractivity (Wildman–Crippen MR) is 88.1 cm³/mol. The van der Waals surface area contributed by atoms with E-state index in [1.807, 2.05) is 29.2 Å². The molecule has 0 radical (unpaired) electrons. The molecular weight excluding hydrogens is 298 g/mol. The lowest BCUT2D eigenvalue weighted by Crippen LogP contribution is -2.46. The van der Waals surface area contributed by atoms with Gasteiger partial charge < -0.3 is 9.64 Å². The summed E-state index contributed by atoms with van der Waals surface area (Å²) in [7, 11) is 0. The second-order valence-corrected chi connectivity index (χ2v) is 7.35. The van der Waals surface area contributed by atoms with E-state index in [9.17, 15) is 4.79 Å². The van der Waals surface area contributed by atoms with Crippen molar-refractivity contribution in [3.8, 4) is 0 Å². The van der Waals surface area contributed by atoms with Crippen molar-refractivity contribution in [3.05, 3.63) is 34.9 Å². The highest BCUT2D eigenvalue weighted by atomic mass is 35.5. The van der Waals surface area contributed by atoms with Gasteiger partial charge in [-0.15, -0.1) is 0 Å². The van der Waals surface area contributed by atoms with Crippen molar-refractivity contribution in [3.63, 3.8) is 0 Å². The molecule has 1 amide bonds. The lowest BCUT2D eigenvalue weighted by Gasteiger charge is -2.33. The minimum Gasteiger partial charge on any atom is -0.374 e. The van der Waals surface area contributed by atoms with Crippen molar-refractivity contribution in [2.45, 2.75) is 45.1 Å². The maximum Gasteiger partial charge on any atom is 0.222 e. The van der Waals surface area contributed by atoms with E-state index in [1.165, 1.54) is 12.8 Å². The lowest BCUT2D eigenvalue weighted by molar-refractivity contribution is -0.139. The van der Waals surface area contributed by atoms with Crippen LogP contribution in [0.5, 0.6) is 0 Å². The minimum atomic E-state index is 0.0501. The molecule has 1 aromatic carbocycles. The Morgan fingerprint density at radius 2 is 2.18 bits per heavy atom. The zero-order valence-electron chi connectivity index (χ0n) is 13.2. The average molecular weight is 322 g/mol. The van der Waals surface area contributed by atoms with E-state index >= 15 is 0 Å². The zero-order valence-corrected chi connectivity index (χ0v) is 13.9. The Hall–Kier alpha value is -1.06. The number of rotatable bonds is 5. The first-order valence-corrected chi connectivity index (χ1v) is 8.56. The normalized spacial score (nSPS) is 23.4.